The van der Waals surface area contributed by atoms with Crippen molar-refractivity contribution in [1.82, 2.24) is 20.3 Å². The van der Waals surface area contributed by atoms with Crippen LogP contribution in [0, 0.1) is 0 Å². The van der Waals surface area contributed by atoms with Gasteiger partial charge in [-0.25, -0.2) is 8.42 Å². The normalized spacial score (nSPS) is 16.8. The predicted octanol–water partition coefficient (Wildman–Crippen LogP) is 0.420. The summed E-state index contributed by atoms with van der Waals surface area (Å²) in [5, 5.41) is 7.07. The minimum atomic E-state index is -2.95. The average molecular weight is 471 g/mol. The summed E-state index contributed by atoms with van der Waals surface area (Å²) < 4.78 is 27.9. The maximum atomic E-state index is 11.5. The molecule has 0 spiro atoms. The van der Waals surface area contributed by atoms with Gasteiger partial charge in [0.1, 0.15) is 6.26 Å². The van der Waals surface area contributed by atoms with Crippen molar-refractivity contribution >= 4 is 39.8 Å². The highest BCUT2D eigenvalue weighted by Gasteiger charge is 2.20. The number of sulfone groups is 1. The molecule has 2 heterocycles. The molecule has 0 atom stereocenters. The number of guanidine groups is 1. The Balaban J connectivity index is 0.00000288. The first-order valence-corrected chi connectivity index (χ1v) is 9.64. The van der Waals surface area contributed by atoms with Gasteiger partial charge in [-0.1, -0.05) is 12.1 Å². The highest BCUT2D eigenvalue weighted by molar-refractivity contribution is 14.0. The van der Waals surface area contributed by atoms with Crippen LogP contribution in [0.2, 0.25) is 0 Å². The van der Waals surface area contributed by atoms with Gasteiger partial charge in [-0.2, -0.15) is 0 Å². The zero-order valence-corrected chi connectivity index (χ0v) is 17.3. The Hall–Kier alpha value is -0.880. The molecular weight excluding hydrogens is 445 g/mol. The van der Waals surface area contributed by atoms with Gasteiger partial charge in [0.05, 0.1) is 11.4 Å². The van der Waals surface area contributed by atoms with Gasteiger partial charge in [0, 0.05) is 58.1 Å². The number of hydrogen-bond donors (Lipinski definition) is 1. The SMILES string of the molecule is CCS(=O)(=O)CCNC(=NC)N1CCN(Cc2ccon2)CC1.I. The number of nitrogens with zero attached hydrogens (tertiary/aromatic N) is 4. The Morgan fingerprint density at radius 1 is 1.38 bits per heavy atom. The molecule has 0 aliphatic carbocycles. The highest BCUT2D eigenvalue weighted by atomic mass is 127. The number of rotatable bonds is 6. The van der Waals surface area contributed by atoms with Gasteiger partial charge in [0.15, 0.2) is 15.8 Å². The van der Waals surface area contributed by atoms with Crippen molar-refractivity contribution in [3.8, 4) is 0 Å². The lowest BCUT2D eigenvalue weighted by Crippen LogP contribution is -2.52. The number of aromatic nitrogens is 1. The molecule has 0 bridgehead atoms. The topological polar surface area (TPSA) is 91.0 Å². The molecule has 0 saturated carbocycles. The lowest BCUT2D eigenvalue weighted by Gasteiger charge is -2.36. The first kappa shape index (κ1) is 21.2. The smallest absolute Gasteiger partial charge is 0.193 e. The van der Waals surface area contributed by atoms with Gasteiger partial charge in [0.25, 0.3) is 0 Å². The molecule has 0 aromatic carbocycles. The fourth-order valence-electron chi connectivity index (χ4n) is 2.46. The zero-order chi connectivity index (χ0) is 16.7. The van der Waals surface area contributed by atoms with Gasteiger partial charge in [-0.05, 0) is 0 Å². The molecular formula is C14H26IN5O3S. The third-order valence-electron chi connectivity index (χ3n) is 3.90. The summed E-state index contributed by atoms with van der Waals surface area (Å²) in [6.45, 7) is 6.34. The van der Waals surface area contributed by atoms with Gasteiger partial charge in [-0.15, -0.1) is 24.0 Å². The van der Waals surface area contributed by atoms with E-state index in [1.54, 1.807) is 20.2 Å². The molecule has 1 aromatic rings. The maximum Gasteiger partial charge on any atom is 0.193 e. The van der Waals surface area contributed by atoms with Crippen LogP contribution in [0.25, 0.3) is 0 Å². The summed E-state index contributed by atoms with van der Waals surface area (Å²) in [5.74, 6) is 1.07. The first-order valence-electron chi connectivity index (χ1n) is 7.81. The van der Waals surface area contributed by atoms with Crippen LogP contribution in [0.5, 0.6) is 0 Å². The Morgan fingerprint density at radius 3 is 2.62 bits per heavy atom. The maximum absolute atomic E-state index is 11.5. The quantitative estimate of drug-likeness (QED) is 0.366. The molecule has 1 aliphatic heterocycles. The lowest BCUT2D eigenvalue weighted by molar-refractivity contribution is 0.169. The van der Waals surface area contributed by atoms with Crippen LogP contribution >= 0.6 is 24.0 Å². The number of halogens is 1. The van der Waals surface area contributed by atoms with Crippen molar-refractivity contribution in [1.29, 1.82) is 0 Å². The highest BCUT2D eigenvalue weighted by Crippen LogP contribution is 2.07. The molecule has 138 valence electrons. The largest absolute Gasteiger partial charge is 0.364 e. The molecule has 8 nitrogen and oxygen atoms in total. The van der Waals surface area contributed by atoms with Crippen molar-refractivity contribution < 1.29 is 12.9 Å². The molecule has 1 fully saturated rings. The molecule has 1 aliphatic rings. The van der Waals surface area contributed by atoms with Gasteiger partial charge < -0.3 is 14.7 Å². The predicted molar refractivity (Wildman–Crippen MR) is 104 cm³/mol. The fourth-order valence-corrected chi connectivity index (χ4v) is 3.16. The van der Waals surface area contributed by atoms with E-state index >= 15 is 0 Å². The molecule has 10 heteroatoms. The van der Waals surface area contributed by atoms with Gasteiger partial charge >= 0.3 is 0 Å². The monoisotopic (exact) mass is 471 g/mol. The Morgan fingerprint density at radius 2 is 2.08 bits per heavy atom. The summed E-state index contributed by atoms with van der Waals surface area (Å²) in [6, 6.07) is 1.88. The van der Waals surface area contributed by atoms with E-state index < -0.39 is 9.84 Å². The fraction of sp³-hybridized carbons (Fsp3) is 0.714. The van der Waals surface area contributed by atoms with E-state index in [-0.39, 0.29) is 35.5 Å². The van der Waals surface area contributed by atoms with E-state index in [0.717, 1.165) is 44.4 Å². The summed E-state index contributed by atoms with van der Waals surface area (Å²) in [4.78, 5) is 8.71. The van der Waals surface area contributed by atoms with E-state index in [9.17, 15) is 8.42 Å². The Bertz CT molecular complexity index is 598. The average Bonchev–Trinajstić information content (AvgIpc) is 3.05. The van der Waals surface area contributed by atoms with Crippen LogP contribution in [0.15, 0.2) is 21.8 Å². The molecule has 1 N–H and O–H groups in total. The van der Waals surface area contributed by atoms with E-state index in [0.29, 0.717) is 6.54 Å². The first-order chi connectivity index (χ1) is 11.0. The second kappa shape index (κ2) is 10.2. The van der Waals surface area contributed by atoms with Crippen LogP contribution < -0.4 is 5.32 Å². The van der Waals surface area contributed by atoms with E-state index in [4.69, 9.17) is 4.52 Å². The Kier molecular flexibility index (Phi) is 8.98. The molecule has 0 amide bonds. The van der Waals surface area contributed by atoms with Gasteiger partial charge in [0.2, 0.25) is 0 Å². The molecule has 2 rings (SSSR count). The van der Waals surface area contributed by atoms with Crippen LogP contribution in [-0.2, 0) is 16.4 Å². The standard InChI is InChI=1S/C14H25N5O3S.HI/c1-3-23(20,21)11-5-16-14(15-2)19-8-6-18(7-9-19)12-13-4-10-22-17-13;/h4,10H,3,5-9,11-12H2,1-2H3,(H,15,16);1H. The van der Waals surface area contributed by atoms with Crippen molar-refractivity contribution in [2.24, 2.45) is 4.99 Å². The summed E-state index contributed by atoms with van der Waals surface area (Å²) in [6.07, 6.45) is 1.59. The number of piperazine rings is 1. The number of hydrogen-bond acceptors (Lipinski definition) is 6. The van der Waals surface area contributed by atoms with E-state index in [1.807, 2.05) is 6.07 Å². The minimum Gasteiger partial charge on any atom is -0.364 e. The van der Waals surface area contributed by atoms with Crippen molar-refractivity contribution in [3.63, 3.8) is 0 Å². The second-order valence-corrected chi connectivity index (χ2v) is 7.94. The summed E-state index contributed by atoms with van der Waals surface area (Å²) in [5.41, 5.74) is 0.936. The molecule has 0 radical (unpaired) electrons. The van der Waals surface area contributed by atoms with Crippen molar-refractivity contribution in [3.05, 3.63) is 18.0 Å². The van der Waals surface area contributed by atoms with E-state index in [1.165, 1.54) is 0 Å². The Labute approximate surface area is 160 Å². The van der Waals surface area contributed by atoms with Crippen LogP contribution in [-0.4, -0.2) is 80.6 Å². The molecule has 1 aromatic heterocycles. The summed E-state index contributed by atoms with van der Waals surface area (Å²) >= 11 is 0. The molecule has 0 unspecified atom stereocenters. The third-order valence-corrected chi connectivity index (χ3v) is 5.60. The van der Waals surface area contributed by atoms with Crippen molar-refractivity contribution in [2.75, 3.05) is 51.3 Å². The third kappa shape index (κ3) is 6.55. The molecule has 1 saturated heterocycles. The van der Waals surface area contributed by atoms with Gasteiger partial charge in [-0.3, -0.25) is 9.89 Å². The minimum absolute atomic E-state index is 0. The van der Waals surface area contributed by atoms with Crippen LogP contribution in [0.1, 0.15) is 12.6 Å². The van der Waals surface area contributed by atoms with Crippen LogP contribution in [0.3, 0.4) is 0 Å². The van der Waals surface area contributed by atoms with E-state index in [2.05, 4.69) is 25.3 Å². The van der Waals surface area contributed by atoms with Crippen molar-refractivity contribution in [2.45, 2.75) is 13.5 Å². The number of nitrogens with one attached hydrogen (secondary N) is 1. The van der Waals surface area contributed by atoms with Crippen LogP contribution in [0.4, 0.5) is 0 Å². The summed E-state index contributed by atoms with van der Waals surface area (Å²) in [7, 11) is -1.23. The lowest BCUT2D eigenvalue weighted by atomic mass is 10.3. The number of aliphatic imine (C=N–C) groups is 1. The molecule has 24 heavy (non-hydrogen) atoms. The second-order valence-electron chi connectivity index (χ2n) is 5.46. The zero-order valence-electron chi connectivity index (χ0n) is 14.1.